The van der Waals surface area contributed by atoms with E-state index in [2.05, 4.69) is 40.5 Å². The number of hydrogen-bond acceptors (Lipinski definition) is 3. The minimum atomic E-state index is -0.370. The molecule has 3 aliphatic rings. The van der Waals surface area contributed by atoms with Crippen molar-refractivity contribution in [2.24, 2.45) is 22.7 Å². The van der Waals surface area contributed by atoms with Gasteiger partial charge in [-0.3, -0.25) is 4.79 Å². The highest BCUT2D eigenvalue weighted by Gasteiger charge is 2.57. The Morgan fingerprint density at radius 1 is 1.24 bits per heavy atom. The van der Waals surface area contributed by atoms with Gasteiger partial charge in [0.2, 0.25) is 0 Å². The third-order valence-electron chi connectivity index (χ3n) is 10.3. The maximum absolute atomic E-state index is 12.9. The van der Waals surface area contributed by atoms with Crippen molar-refractivity contribution in [1.29, 1.82) is 0 Å². The molecule has 1 aromatic rings. The van der Waals surface area contributed by atoms with Gasteiger partial charge in [-0.1, -0.05) is 25.5 Å². The van der Waals surface area contributed by atoms with Crippen LogP contribution in [0.25, 0.3) is 0 Å². The fraction of sp³-hybridized carbons (Fsp3) is 0.759. The fourth-order valence-corrected chi connectivity index (χ4v) is 8.00. The summed E-state index contributed by atoms with van der Waals surface area (Å²) in [4.78, 5) is 12.9. The van der Waals surface area contributed by atoms with Crippen molar-refractivity contribution in [3.05, 3.63) is 35.8 Å². The maximum atomic E-state index is 12.9. The van der Waals surface area contributed by atoms with Gasteiger partial charge in [-0.15, -0.1) is 0 Å². The largest absolute Gasteiger partial charge is 0.469 e. The van der Waals surface area contributed by atoms with Gasteiger partial charge in [0.1, 0.15) is 6.54 Å². The van der Waals surface area contributed by atoms with Crippen LogP contribution in [0.4, 0.5) is 0 Å². The summed E-state index contributed by atoms with van der Waals surface area (Å²) in [7, 11) is 3.95. The van der Waals surface area contributed by atoms with Crippen molar-refractivity contribution in [2.75, 3.05) is 20.7 Å². The lowest BCUT2D eigenvalue weighted by molar-refractivity contribution is -0.949. The number of esters is 1. The van der Waals surface area contributed by atoms with E-state index in [4.69, 9.17) is 9.15 Å². The van der Waals surface area contributed by atoms with E-state index in [1.165, 1.54) is 49.1 Å². The van der Waals surface area contributed by atoms with Crippen LogP contribution < -0.4 is 0 Å². The second kappa shape index (κ2) is 9.24. The van der Waals surface area contributed by atoms with Gasteiger partial charge < -0.3 is 13.6 Å². The predicted octanol–water partition coefficient (Wildman–Crippen LogP) is 6.68. The Morgan fingerprint density at radius 3 is 2.76 bits per heavy atom. The predicted molar refractivity (Wildman–Crippen MR) is 133 cm³/mol. The number of rotatable bonds is 6. The van der Waals surface area contributed by atoms with Gasteiger partial charge in [-0.05, 0) is 101 Å². The molecule has 1 unspecified atom stereocenters. The Hall–Kier alpha value is -1.55. The number of likely N-dealkylation sites (tertiary alicyclic amines) is 1. The van der Waals surface area contributed by atoms with E-state index in [1.807, 2.05) is 6.26 Å². The first-order valence-corrected chi connectivity index (χ1v) is 13.3. The molecule has 2 saturated carbocycles. The zero-order valence-corrected chi connectivity index (χ0v) is 21.8. The van der Waals surface area contributed by atoms with Crippen molar-refractivity contribution in [3.8, 4) is 0 Å². The van der Waals surface area contributed by atoms with Crippen LogP contribution in [-0.2, 0) is 22.5 Å². The number of furan rings is 1. The van der Waals surface area contributed by atoms with E-state index in [9.17, 15) is 4.79 Å². The normalized spacial score (nSPS) is 39.2. The average molecular weight is 457 g/mol. The van der Waals surface area contributed by atoms with E-state index in [-0.39, 0.29) is 16.8 Å². The van der Waals surface area contributed by atoms with Crippen molar-refractivity contribution >= 4 is 5.97 Å². The molecule has 3 fully saturated rings. The smallest absolute Gasteiger partial charge is 0.311 e. The molecule has 0 bridgehead atoms. The van der Waals surface area contributed by atoms with Crippen LogP contribution >= 0.6 is 0 Å². The second-order valence-corrected chi connectivity index (χ2v) is 12.2. The fourth-order valence-electron chi connectivity index (χ4n) is 8.00. The molecule has 1 aliphatic heterocycles. The van der Waals surface area contributed by atoms with Gasteiger partial charge in [0.05, 0.1) is 38.4 Å². The van der Waals surface area contributed by atoms with Gasteiger partial charge >= 0.3 is 5.97 Å². The van der Waals surface area contributed by atoms with Crippen molar-refractivity contribution < 1.29 is 18.4 Å². The van der Waals surface area contributed by atoms with Crippen LogP contribution in [-0.4, -0.2) is 37.2 Å². The summed E-state index contributed by atoms with van der Waals surface area (Å²) in [5.74, 6) is 1.97. The number of hydrogen-bond donors (Lipinski definition) is 0. The van der Waals surface area contributed by atoms with E-state index in [0.717, 1.165) is 49.6 Å². The third kappa shape index (κ3) is 4.33. The summed E-state index contributed by atoms with van der Waals surface area (Å²) in [5, 5.41) is 0. The highest BCUT2D eigenvalue weighted by Crippen LogP contribution is 2.62. The summed E-state index contributed by atoms with van der Waals surface area (Å²) in [5.41, 5.74) is 2.50. The van der Waals surface area contributed by atoms with Crippen LogP contribution in [0.5, 0.6) is 0 Å². The monoisotopic (exact) mass is 456 g/mol. The van der Waals surface area contributed by atoms with Crippen LogP contribution in [0.2, 0.25) is 0 Å². The first kappa shape index (κ1) is 24.6. The number of methoxy groups -OCH3 is 1. The number of carbonyl (C=O) groups is 1. The molecule has 4 nitrogen and oxygen atoms in total. The number of carbonyl (C=O) groups excluding carboxylic acids is 1. The molecular weight excluding hydrogens is 410 g/mol. The van der Waals surface area contributed by atoms with E-state index >= 15 is 0 Å². The summed E-state index contributed by atoms with van der Waals surface area (Å²) >= 11 is 0. The van der Waals surface area contributed by atoms with Crippen molar-refractivity contribution in [2.45, 2.75) is 97.6 Å². The molecule has 0 N–H and O–H groups in total. The number of allylic oxidation sites excluding steroid dienone is 1. The summed E-state index contributed by atoms with van der Waals surface area (Å²) in [6.07, 6.45) is 13.3. The number of quaternary nitrogens is 1. The van der Waals surface area contributed by atoms with Crippen LogP contribution in [0, 0.1) is 22.7 Å². The highest BCUT2D eigenvalue weighted by molar-refractivity contribution is 5.77. The molecule has 2 aliphatic carbocycles. The average Bonchev–Trinajstić information content (AvgIpc) is 3.21. The Balaban J connectivity index is 1.51. The van der Waals surface area contributed by atoms with Crippen LogP contribution in [0.3, 0.4) is 0 Å². The van der Waals surface area contributed by atoms with E-state index in [0.29, 0.717) is 17.9 Å². The Kier molecular flexibility index (Phi) is 6.88. The standard InChI is InChI=1S/C29H46NO3/c1-21-11-14-26-28(3,16-9-17-29(26,4)27(31)32-6)24(21)13-12-23-15-19-33-25(23)20-30(5)18-8-7-10-22(30)2/h15,19,22,24,26H,1,7-14,16-18,20H2,2-6H3/q+1/t22-,24+,26+,28-,29+,30?/m1/s1. The van der Waals surface area contributed by atoms with Crippen molar-refractivity contribution in [1.82, 2.24) is 0 Å². The Labute approximate surface area is 201 Å². The molecule has 0 amide bonds. The van der Waals surface area contributed by atoms with Crippen molar-refractivity contribution in [3.63, 3.8) is 0 Å². The Morgan fingerprint density at radius 2 is 2.03 bits per heavy atom. The molecule has 0 radical (unpaired) electrons. The quantitative estimate of drug-likeness (QED) is 0.272. The molecule has 0 aromatic carbocycles. The Bertz CT molecular complexity index is 874. The van der Waals surface area contributed by atoms with Gasteiger partial charge in [0, 0.05) is 0 Å². The summed E-state index contributed by atoms with van der Waals surface area (Å²) in [6, 6.07) is 2.88. The first-order valence-electron chi connectivity index (χ1n) is 13.3. The lowest BCUT2D eigenvalue weighted by atomic mass is 9.46. The molecule has 4 rings (SSSR count). The second-order valence-electron chi connectivity index (χ2n) is 12.2. The zero-order valence-electron chi connectivity index (χ0n) is 21.8. The first-order chi connectivity index (χ1) is 15.6. The summed E-state index contributed by atoms with van der Waals surface area (Å²) < 4.78 is 12.4. The lowest BCUT2D eigenvalue weighted by Gasteiger charge is -2.57. The van der Waals surface area contributed by atoms with E-state index in [1.54, 1.807) is 7.11 Å². The number of aryl methyl sites for hydroxylation is 1. The van der Waals surface area contributed by atoms with Crippen LogP contribution in [0.1, 0.15) is 89.9 Å². The maximum Gasteiger partial charge on any atom is 0.311 e. The molecule has 1 aromatic heterocycles. The molecule has 2 heterocycles. The molecule has 33 heavy (non-hydrogen) atoms. The molecule has 184 valence electrons. The van der Waals surface area contributed by atoms with E-state index < -0.39 is 0 Å². The highest BCUT2D eigenvalue weighted by atomic mass is 16.5. The van der Waals surface area contributed by atoms with Gasteiger partial charge in [-0.2, -0.15) is 0 Å². The minimum absolute atomic E-state index is 0.0191. The number of piperidine rings is 1. The van der Waals surface area contributed by atoms with Gasteiger partial charge in [-0.25, -0.2) is 0 Å². The summed E-state index contributed by atoms with van der Waals surface area (Å²) in [6.45, 7) is 13.8. The molecule has 0 spiro atoms. The van der Waals surface area contributed by atoms with Gasteiger partial charge in [0.25, 0.3) is 0 Å². The number of nitrogens with zero attached hydrogens (tertiary/aromatic N) is 1. The third-order valence-corrected chi connectivity index (χ3v) is 10.3. The SMILES string of the molecule is C=C1CC[C@H]2[C@](C)(CCC[C@]2(C)C(=O)OC)[C@H]1CCc1ccoc1C[N+]1(C)CCCC[C@H]1C. The van der Waals surface area contributed by atoms with Gasteiger partial charge in [0.15, 0.2) is 5.76 Å². The molecule has 6 atom stereocenters. The minimum Gasteiger partial charge on any atom is -0.469 e. The van der Waals surface area contributed by atoms with Crippen LogP contribution in [0.15, 0.2) is 28.9 Å². The lowest BCUT2D eigenvalue weighted by Crippen LogP contribution is -2.53. The molecule has 1 saturated heterocycles. The number of ether oxygens (including phenoxy) is 1. The zero-order chi connectivity index (χ0) is 23.9. The number of fused-ring (bicyclic) bond motifs is 1. The molecule has 4 heteroatoms. The topological polar surface area (TPSA) is 39.4 Å². The molecular formula is C29H46NO3+.